The van der Waals surface area contributed by atoms with Gasteiger partial charge in [0.2, 0.25) is 0 Å². The highest BCUT2D eigenvalue weighted by molar-refractivity contribution is 5.23. The van der Waals surface area contributed by atoms with Gasteiger partial charge >= 0.3 is 0 Å². The van der Waals surface area contributed by atoms with E-state index in [1.165, 1.54) is 11.1 Å². The first kappa shape index (κ1) is 8.28. The molecule has 0 aliphatic carbocycles. The average molecular weight is 149 g/mol. The van der Waals surface area contributed by atoms with Gasteiger partial charge in [0, 0.05) is 7.11 Å². The molecule has 1 nitrogen and oxygen atoms in total. The second-order valence-corrected chi connectivity index (χ2v) is 2.50. The normalized spacial score (nSPS) is 10.0. The molecule has 0 aliphatic heterocycles. The zero-order chi connectivity index (χ0) is 8.10. The maximum atomic E-state index is 5.01. The zero-order valence-corrected chi connectivity index (χ0v) is 6.84. The van der Waals surface area contributed by atoms with Crippen molar-refractivity contribution in [3.05, 3.63) is 42.3 Å². The Balaban J connectivity index is 2.74. The van der Waals surface area contributed by atoms with Gasteiger partial charge in [0.15, 0.2) is 0 Å². The monoisotopic (exact) mass is 149 g/mol. The number of hydrogen-bond donors (Lipinski definition) is 0. The van der Waals surface area contributed by atoms with Gasteiger partial charge < -0.3 is 4.74 Å². The van der Waals surface area contributed by atoms with Crippen LogP contribution in [0.1, 0.15) is 11.1 Å². The minimum atomic E-state index is 0.688. The summed E-state index contributed by atoms with van der Waals surface area (Å²) in [5.74, 6) is 0. The minimum absolute atomic E-state index is 0.688. The summed E-state index contributed by atoms with van der Waals surface area (Å²) in [6.45, 7) is 4.50. The molecule has 0 spiro atoms. The number of methoxy groups -OCH3 is 1. The smallest absolute Gasteiger partial charge is 0.0713 e. The highest BCUT2D eigenvalue weighted by atomic mass is 16.5. The van der Waals surface area contributed by atoms with Crippen molar-refractivity contribution in [1.29, 1.82) is 0 Å². The average Bonchev–Trinajstić information content (AvgIpc) is 2.06. The Bertz CT molecular complexity index is 218. The van der Waals surface area contributed by atoms with Crippen molar-refractivity contribution in [3.63, 3.8) is 0 Å². The number of benzene rings is 1. The highest BCUT2D eigenvalue weighted by Gasteiger charge is 1.92. The summed E-state index contributed by atoms with van der Waals surface area (Å²) in [6, 6.07) is 8.29. The summed E-state index contributed by atoms with van der Waals surface area (Å²) in [7, 11) is 1.71. The van der Waals surface area contributed by atoms with E-state index in [0.717, 1.165) is 6.42 Å². The van der Waals surface area contributed by atoms with Crippen LogP contribution in [0.25, 0.3) is 0 Å². The van der Waals surface area contributed by atoms with E-state index in [2.05, 4.69) is 25.1 Å². The predicted octanol–water partition coefficient (Wildman–Crippen LogP) is 2.21. The fourth-order valence-electron chi connectivity index (χ4n) is 1.04. The van der Waals surface area contributed by atoms with Crippen molar-refractivity contribution < 1.29 is 4.74 Å². The molecule has 0 saturated carbocycles. The van der Waals surface area contributed by atoms with Gasteiger partial charge in [0.25, 0.3) is 0 Å². The molecule has 0 aliphatic rings. The molecule has 0 heterocycles. The largest absolute Gasteiger partial charge is 0.380 e. The molecule has 0 saturated heterocycles. The van der Waals surface area contributed by atoms with Crippen molar-refractivity contribution in [2.75, 3.05) is 7.11 Å². The summed E-state index contributed by atoms with van der Waals surface area (Å²) >= 11 is 0. The minimum Gasteiger partial charge on any atom is -0.380 e. The molecule has 0 bridgehead atoms. The van der Waals surface area contributed by atoms with Crippen LogP contribution in [-0.2, 0) is 17.8 Å². The van der Waals surface area contributed by atoms with Crippen LogP contribution in [0.4, 0.5) is 0 Å². The fraction of sp³-hybridized carbons (Fsp3) is 0.300. The summed E-state index contributed by atoms with van der Waals surface area (Å²) < 4.78 is 5.01. The Hall–Kier alpha value is -0.820. The number of ether oxygens (including phenoxy) is 1. The maximum Gasteiger partial charge on any atom is 0.0713 e. The van der Waals surface area contributed by atoms with E-state index in [-0.39, 0.29) is 0 Å². The lowest BCUT2D eigenvalue weighted by atomic mass is 10.1. The van der Waals surface area contributed by atoms with Crippen molar-refractivity contribution in [1.82, 2.24) is 0 Å². The molecule has 0 unspecified atom stereocenters. The molecular formula is C10H13O. The number of rotatable bonds is 3. The van der Waals surface area contributed by atoms with Gasteiger partial charge in [0.05, 0.1) is 6.61 Å². The lowest BCUT2D eigenvalue weighted by molar-refractivity contribution is 0.185. The first-order chi connectivity index (χ1) is 5.36. The Morgan fingerprint density at radius 2 is 2.09 bits per heavy atom. The van der Waals surface area contributed by atoms with E-state index < -0.39 is 0 Å². The van der Waals surface area contributed by atoms with Crippen molar-refractivity contribution in [2.24, 2.45) is 0 Å². The van der Waals surface area contributed by atoms with Crippen LogP contribution in [0.2, 0.25) is 0 Å². The lowest BCUT2D eigenvalue weighted by Gasteiger charge is -2.01. The molecule has 59 valence electrons. The molecule has 11 heavy (non-hydrogen) atoms. The SMILES string of the molecule is [CH2]Cc1cccc(COC)c1. The van der Waals surface area contributed by atoms with Gasteiger partial charge in [0.1, 0.15) is 0 Å². The Kier molecular flexibility index (Phi) is 3.12. The molecule has 0 atom stereocenters. The summed E-state index contributed by atoms with van der Waals surface area (Å²) in [4.78, 5) is 0. The molecule has 0 amide bonds. The molecule has 1 rings (SSSR count). The summed E-state index contributed by atoms with van der Waals surface area (Å²) in [5, 5.41) is 0. The van der Waals surface area contributed by atoms with Crippen LogP contribution in [0, 0.1) is 6.92 Å². The third-order valence-electron chi connectivity index (χ3n) is 1.59. The van der Waals surface area contributed by atoms with Crippen LogP contribution in [-0.4, -0.2) is 7.11 Å². The topological polar surface area (TPSA) is 9.23 Å². The fourth-order valence-corrected chi connectivity index (χ4v) is 1.04. The van der Waals surface area contributed by atoms with Gasteiger partial charge in [-0.05, 0) is 24.5 Å². The first-order valence-electron chi connectivity index (χ1n) is 3.73. The second-order valence-electron chi connectivity index (χ2n) is 2.50. The van der Waals surface area contributed by atoms with Gasteiger partial charge in [-0.1, -0.05) is 24.3 Å². The first-order valence-corrected chi connectivity index (χ1v) is 3.73. The third-order valence-corrected chi connectivity index (χ3v) is 1.59. The van der Waals surface area contributed by atoms with E-state index in [4.69, 9.17) is 4.74 Å². The van der Waals surface area contributed by atoms with E-state index in [1.807, 2.05) is 6.07 Å². The lowest BCUT2D eigenvalue weighted by Crippen LogP contribution is -1.88. The van der Waals surface area contributed by atoms with Crippen molar-refractivity contribution in [3.8, 4) is 0 Å². The second kappa shape index (κ2) is 4.14. The molecule has 0 fully saturated rings. The van der Waals surface area contributed by atoms with Gasteiger partial charge in [-0.2, -0.15) is 0 Å². The van der Waals surface area contributed by atoms with Crippen LogP contribution >= 0.6 is 0 Å². The molecule has 0 N–H and O–H groups in total. The Morgan fingerprint density at radius 3 is 2.73 bits per heavy atom. The Labute approximate surface area is 68.0 Å². The maximum absolute atomic E-state index is 5.01. The standard InChI is InChI=1S/C10H13O/c1-3-9-5-4-6-10(7-9)8-11-2/h4-7H,1,3,8H2,2H3. The Morgan fingerprint density at radius 1 is 1.36 bits per heavy atom. The highest BCUT2D eigenvalue weighted by Crippen LogP contribution is 2.06. The summed E-state index contributed by atoms with van der Waals surface area (Å²) in [6.07, 6.45) is 0.845. The molecule has 1 heteroatoms. The summed E-state index contributed by atoms with van der Waals surface area (Å²) in [5.41, 5.74) is 2.48. The van der Waals surface area contributed by atoms with Crippen molar-refractivity contribution in [2.45, 2.75) is 13.0 Å². The molecule has 1 aromatic carbocycles. The van der Waals surface area contributed by atoms with Gasteiger partial charge in [-0.3, -0.25) is 0 Å². The molecular weight excluding hydrogens is 136 g/mol. The zero-order valence-electron chi connectivity index (χ0n) is 6.84. The van der Waals surface area contributed by atoms with Crippen LogP contribution in [0.3, 0.4) is 0 Å². The van der Waals surface area contributed by atoms with Crippen LogP contribution < -0.4 is 0 Å². The van der Waals surface area contributed by atoms with Crippen LogP contribution in [0.5, 0.6) is 0 Å². The quantitative estimate of drug-likeness (QED) is 0.640. The van der Waals surface area contributed by atoms with E-state index in [0.29, 0.717) is 6.61 Å². The van der Waals surface area contributed by atoms with Gasteiger partial charge in [-0.15, -0.1) is 0 Å². The van der Waals surface area contributed by atoms with Crippen molar-refractivity contribution >= 4 is 0 Å². The van der Waals surface area contributed by atoms with Crippen LogP contribution in [0.15, 0.2) is 24.3 Å². The van der Waals surface area contributed by atoms with E-state index in [1.54, 1.807) is 7.11 Å². The molecule has 1 aromatic rings. The van der Waals surface area contributed by atoms with Gasteiger partial charge in [-0.25, -0.2) is 0 Å². The number of hydrogen-bond acceptors (Lipinski definition) is 1. The molecule has 0 aromatic heterocycles. The molecule has 1 radical (unpaired) electrons. The van der Waals surface area contributed by atoms with E-state index >= 15 is 0 Å². The predicted molar refractivity (Wildman–Crippen MR) is 46.2 cm³/mol. The van der Waals surface area contributed by atoms with E-state index in [9.17, 15) is 0 Å². The third kappa shape index (κ3) is 2.35.